The molecule has 0 spiro atoms. The maximum atomic E-state index is 13.4. The molecule has 3 N–H and O–H groups in total. The third-order valence-electron chi connectivity index (χ3n) is 2.69. The van der Waals surface area contributed by atoms with Gasteiger partial charge in [-0.1, -0.05) is 18.2 Å². The monoisotopic (exact) mass is 256 g/mol. The zero-order chi connectivity index (χ0) is 13.7. The summed E-state index contributed by atoms with van der Waals surface area (Å²) in [5.74, 6) is 0.292. The normalized spacial score (nSPS) is 9.89. The summed E-state index contributed by atoms with van der Waals surface area (Å²) >= 11 is 0. The van der Waals surface area contributed by atoms with Crippen molar-refractivity contribution in [3.05, 3.63) is 53.5 Å². The van der Waals surface area contributed by atoms with E-state index in [2.05, 4.69) is 10.3 Å². The van der Waals surface area contributed by atoms with Crippen molar-refractivity contribution in [2.75, 3.05) is 17.6 Å². The Morgan fingerprint density at radius 3 is 2.84 bits per heavy atom. The highest BCUT2D eigenvalue weighted by Gasteiger charge is 2.03. The Morgan fingerprint density at radius 2 is 2.16 bits per heavy atom. The summed E-state index contributed by atoms with van der Waals surface area (Å²) in [4.78, 5) is 4.05. The third kappa shape index (κ3) is 3.19. The van der Waals surface area contributed by atoms with Crippen molar-refractivity contribution in [3.63, 3.8) is 0 Å². The lowest BCUT2D eigenvalue weighted by Crippen LogP contribution is -2.09. The minimum atomic E-state index is -0.218. The fourth-order valence-electron chi connectivity index (χ4n) is 1.71. The number of nitrogen functional groups attached to an aromatic ring is 1. The lowest BCUT2D eigenvalue weighted by molar-refractivity contribution is 0.610. The number of halogens is 1. The predicted octanol–water partition coefficient (Wildman–Crippen LogP) is 2.33. The van der Waals surface area contributed by atoms with Crippen LogP contribution in [0.25, 0.3) is 0 Å². The number of anilines is 2. The van der Waals surface area contributed by atoms with Crippen molar-refractivity contribution < 1.29 is 4.39 Å². The van der Waals surface area contributed by atoms with Crippen LogP contribution in [0, 0.1) is 17.1 Å². The van der Waals surface area contributed by atoms with Gasteiger partial charge in [-0.05, 0) is 24.1 Å². The Balaban J connectivity index is 1.97. The van der Waals surface area contributed by atoms with Crippen molar-refractivity contribution in [3.8, 4) is 6.07 Å². The second-order valence-electron chi connectivity index (χ2n) is 4.04. The van der Waals surface area contributed by atoms with Crippen molar-refractivity contribution in [2.45, 2.75) is 6.42 Å². The third-order valence-corrected chi connectivity index (χ3v) is 2.69. The molecule has 5 heteroatoms. The molecule has 1 aromatic carbocycles. The molecular formula is C14H13FN4. The molecule has 0 aliphatic heterocycles. The Hall–Kier alpha value is -2.61. The van der Waals surface area contributed by atoms with Gasteiger partial charge in [-0.3, -0.25) is 0 Å². The summed E-state index contributed by atoms with van der Waals surface area (Å²) in [6.07, 6.45) is 1.98. The smallest absolute Gasteiger partial charge is 0.149 e. The minimum absolute atomic E-state index is 0.218. The maximum absolute atomic E-state index is 13.4. The summed E-state index contributed by atoms with van der Waals surface area (Å²) in [6.45, 7) is 0.518. The molecule has 0 radical (unpaired) electrons. The molecule has 0 fully saturated rings. The molecule has 0 bridgehead atoms. The zero-order valence-electron chi connectivity index (χ0n) is 10.2. The van der Waals surface area contributed by atoms with E-state index >= 15 is 0 Å². The Morgan fingerprint density at radius 1 is 1.37 bits per heavy atom. The van der Waals surface area contributed by atoms with Crippen molar-refractivity contribution in [1.82, 2.24) is 4.98 Å². The first-order chi connectivity index (χ1) is 9.20. The molecule has 19 heavy (non-hydrogen) atoms. The Bertz CT molecular complexity index is 619. The van der Waals surface area contributed by atoms with Gasteiger partial charge in [-0.25, -0.2) is 9.37 Å². The molecule has 4 nitrogen and oxygen atoms in total. The Kier molecular flexibility index (Phi) is 3.94. The van der Waals surface area contributed by atoms with E-state index in [-0.39, 0.29) is 5.82 Å². The van der Waals surface area contributed by atoms with Crippen LogP contribution in [0.1, 0.15) is 11.1 Å². The number of aromatic nitrogens is 1. The lowest BCUT2D eigenvalue weighted by atomic mass is 10.1. The number of nitrogens with one attached hydrogen (secondary N) is 1. The van der Waals surface area contributed by atoms with Crippen LogP contribution in [0.2, 0.25) is 0 Å². The van der Waals surface area contributed by atoms with Crippen LogP contribution >= 0.6 is 0 Å². The minimum Gasteiger partial charge on any atom is -0.396 e. The topological polar surface area (TPSA) is 74.7 Å². The van der Waals surface area contributed by atoms with Gasteiger partial charge in [0.1, 0.15) is 17.7 Å². The molecule has 2 rings (SSSR count). The number of nitrogens with two attached hydrogens (primary N) is 1. The number of rotatable bonds is 4. The number of hydrogen-bond acceptors (Lipinski definition) is 4. The highest BCUT2D eigenvalue weighted by molar-refractivity contribution is 5.63. The molecule has 0 unspecified atom stereocenters. The van der Waals surface area contributed by atoms with E-state index < -0.39 is 0 Å². The van der Waals surface area contributed by atoms with Crippen molar-refractivity contribution in [2.24, 2.45) is 0 Å². The van der Waals surface area contributed by atoms with Gasteiger partial charge in [0.05, 0.1) is 11.3 Å². The molecule has 0 aliphatic rings. The SMILES string of the molecule is N#Cc1cnc(NCCc2ccccc2F)c(N)c1. The Labute approximate surface area is 110 Å². The molecule has 1 aromatic heterocycles. The second-order valence-corrected chi connectivity index (χ2v) is 4.04. The lowest BCUT2D eigenvalue weighted by Gasteiger charge is -2.08. The van der Waals surface area contributed by atoms with Crippen LogP contribution in [0.3, 0.4) is 0 Å². The zero-order valence-corrected chi connectivity index (χ0v) is 10.2. The van der Waals surface area contributed by atoms with Crippen LogP contribution in [0.5, 0.6) is 0 Å². The van der Waals surface area contributed by atoms with Crippen LogP contribution in [0.15, 0.2) is 36.5 Å². The van der Waals surface area contributed by atoms with Crippen LogP contribution in [0.4, 0.5) is 15.9 Å². The summed E-state index contributed by atoms with van der Waals surface area (Å²) in [5.41, 5.74) is 7.22. The van der Waals surface area contributed by atoms with Crippen molar-refractivity contribution in [1.29, 1.82) is 5.26 Å². The predicted molar refractivity (Wildman–Crippen MR) is 72.0 cm³/mol. The fourth-order valence-corrected chi connectivity index (χ4v) is 1.71. The van der Waals surface area contributed by atoms with Crippen LogP contribution in [-0.2, 0) is 6.42 Å². The molecule has 1 heterocycles. The van der Waals surface area contributed by atoms with Crippen LogP contribution < -0.4 is 11.1 Å². The van der Waals surface area contributed by atoms with Gasteiger partial charge in [0.2, 0.25) is 0 Å². The number of nitrogens with zero attached hydrogens (tertiary/aromatic N) is 2. The summed E-state index contributed by atoms with van der Waals surface area (Å²) in [5, 5.41) is 11.7. The van der Waals surface area contributed by atoms with E-state index in [1.807, 2.05) is 6.07 Å². The van der Waals surface area contributed by atoms with Crippen LogP contribution in [-0.4, -0.2) is 11.5 Å². The first kappa shape index (κ1) is 12.8. The van der Waals surface area contributed by atoms with E-state index in [4.69, 9.17) is 11.0 Å². The highest BCUT2D eigenvalue weighted by Crippen LogP contribution is 2.16. The maximum Gasteiger partial charge on any atom is 0.149 e. The molecule has 2 aromatic rings. The molecule has 0 atom stereocenters. The quantitative estimate of drug-likeness (QED) is 0.880. The number of pyridine rings is 1. The van der Waals surface area contributed by atoms with Gasteiger partial charge in [-0.15, -0.1) is 0 Å². The molecule has 0 amide bonds. The average molecular weight is 256 g/mol. The second kappa shape index (κ2) is 5.83. The molecule has 96 valence electrons. The molecular weight excluding hydrogens is 243 g/mol. The molecule has 0 saturated heterocycles. The van der Waals surface area contributed by atoms with Gasteiger partial charge in [0.15, 0.2) is 0 Å². The van der Waals surface area contributed by atoms with E-state index in [1.165, 1.54) is 12.3 Å². The standard InChI is InChI=1S/C14H13FN4/c15-12-4-2-1-3-11(12)5-6-18-14-13(17)7-10(8-16)9-19-14/h1-4,7,9H,5-6,17H2,(H,18,19). The summed E-state index contributed by atoms with van der Waals surface area (Å²) < 4.78 is 13.4. The van der Waals surface area contributed by atoms with Crippen molar-refractivity contribution >= 4 is 11.5 Å². The number of nitriles is 1. The highest BCUT2D eigenvalue weighted by atomic mass is 19.1. The number of benzene rings is 1. The first-order valence-corrected chi connectivity index (χ1v) is 5.83. The fraction of sp³-hybridized carbons (Fsp3) is 0.143. The summed E-state index contributed by atoms with van der Waals surface area (Å²) in [7, 11) is 0. The van der Waals surface area contributed by atoms with Gasteiger partial charge in [0.25, 0.3) is 0 Å². The van der Waals surface area contributed by atoms with E-state index in [1.54, 1.807) is 24.3 Å². The first-order valence-electron chi connectivity index (χ1n) is 5.83. The molecule has 0 aliphatic carbocycles. The van der Waals surface area contributed by atoms with Gasteiger partial charge in [0, 0.05) is 12.7 Å². The van der Waals surface area contributed by atoms with E-state index in [9.17, 15) is 4.39 Å². The average Bonchev–Trinajstić information content (AvgIpc) is 2.42. The summed E-state index contributed by atoms with van der Waals surface area (Å²) in [6, 6.07) is 10.2. The van der Waals surface area contributed by atoms with Gasteiger partial charge < -0.3 is 11.1 Å². The largest absolute Gasteiger partial charge is 0.396 e. The van der Waals surface area contributed by atoms with Gasteiger partial charge >= 0.3 is 0 Å². The molecule has 0 saturated carbocycles. The van der Waals surface area contributed by atoms with E-state index in [0.717, 1.165) is 0 Å². The van der Waals surface area contributed by atoms with E-state index in [0.29, 0.717) is 35.6 Å². The van der Waals surface area contributed by atoms with Gasteiger partial charge in [-0.2, -0.15) is 5.26 Å². The number of hydrogen-bond donors (Lipinski definition) is 2.